The highest BCUT2D eigenvalue weighted by molar-refractivity contribution is 5.59. The van der Waals surface area contributed by atoms with Gasteiger partial charge in [0.25, 0.3) is 5.56 Å². The predicted molar refractivity (Wildman–Crippen MR) is 72.2 cm³/mol. The van der Waals surface area contributed by atoms with Crippen LogP contribution in [0.5, 0.6) is 0 Å². The van der Waals surface area contributed by atoms with Crippen LogP contribution in [0, 0.1) is 6.92 Å². The first kappa shape index (κ1) is 12.5. The molecule has 94 valence electrons. The van der Waals surface area contributed by atoms with Crippen molar-refractivity contribution in [3.8, 4) is 11.3 Å². The van der Waals surface area contributed by atoms with Gasteiger partial charge in [-0.3, -0.25) is 4.79 Å². The van der Waals surface area contributed by atoms with Crippen molar-refractivity contribution in [1.29, 1.82) is 0 Å². The quantitative estimate of drug-likeness (QED) is 0.846. The second-order valence-electron chi connectivity index (χ2n) is 5.08. The maximum Gasteiger partial charge on any atom is 0.269 e. The number of hydrogen-bond acceptors (Lipinski definition) is 3. The molecule has 2 rings (SSSR count). The van der Waals surface area contributed by atoms with Crippen molar-refractivity contribution in [3.63, 3.8) is 0 Å². The number of nitrogens with one attached hydrogen (secondary N) is 1. The molecule has 0 bridgehead atoms. The largest absolute Gasteiger partial charge is 0.322 e. The Morgan fingerprint density at radius 2 is 1.83 bits per heavy atom. The molecule has 1 aromatic carbocycles. The van der Waals surface area contributed by atoms with E-state index >= 15 is 0 Å². The van der Waals surface area contributed by atoms with E-state index in [1.807, 2.05) is 31.2 Å². The molecule has 1 aromatic heterocycles. The van der Waals surface area contributed by atoms with Crippen molar-refractivity contribution in [2.24, 2.45) is 5.73 Å². The minimum absolute atomic E-state index is 0.238. The van der Waals surface area contributed by atoms with Gasteiger partial charge in [-0.1, -0.05) is 29.8 Å². The van der Waals surface area contributed by atoms with E-state index in [4.69, 9.17) is 5.73 Å². The van der Waals surface area contributed by atoms with Crippen molar-refractivity contribution < 1.29 is 0 Å². The summed E-state index contributed by atoms with van der Waals surface area (Å²) in [5, 5.41) is 6.56. The zero-order valence-electron chi connectivity index (χ0n) is 10.8. The molecule has 18 heavy (non-hydrogen) atoms. The lowest BCUT2D eigenvalue weighted by Gasteiger charge is -2.18. The molecule has 0 aliphatic heterocycles. The molecule has 0 amide bonds. The third-order valence-electron chi connectivity index (χ3n) is 2.85. The topological polar surface area (TPSA) is 71.8 Å². The first-order chi connectivity index (χ1) is 8.38. The third-order valence-corrected chi connectivity index (χ3v) is 2.85. The molecule has 2 aromatic rings. The molecule has 4 nitrogen and oxygen atoms in total. The van der Waals surface area contributed by atoms with Crippen LogP contribution in [0.2, 0.25) is 0 Å². The Balaban J connectivity index is 2.54. The van der Waals surface area contributed by atoms with Gasteiger partial charge in [-0.15, -0.1) is 0 Å². The number of hydrogen-bond donors (Lipinski definition) is 2. The van der Waals surface area contributed by atoms with E-state index in [2.05, 4.69) is 10.2 Å². The van der Waals surface area contributed by atoms with E-state index in [9.17, 15) is 4.79 Å². The van der Waals surface area contributed by atoms with Crippen molar-refractivity contribution in [1.82, 2.24) is 10.2 Å². The summed E-state index contributed by atoms with van der Waals surface area (Å²) in [5.74, 6) is 0. The van der Waals surface area contributed by atoms with Crippen LogP contribution in [-0.4, -0.2) is 10.2 Å². The van der Waals surface area contributed by atoms with Gasteiger partial charge in [0.2, 0.25) is 0 Å². The SMILES string of the molecule is Cc1ccc(-c2cc(C(C)(C)N)c(=O)[nH]n2)cc1. The lowest BCUT2D eigenvalue weighted by molar-refractivity contribution is 0.544. The van der Waals surface area contributed by atoms with E-state index < -0.39 is 5.54 Å². The van der Waals surface area contributed by atoms with E-state index in [-0.39, 0.29) is 5.56 Å². The van der Waals surface area contributed by atoms with Crippen molar-refractivity contribution >= 4 is 0 Å². The van der Waals surface area contributed by atoms with Crippen LogP contribution in [-0.2, 0) is 5.54 Å². The zero-order chi connectivity index (χ0) is 13.3. The van der Waals surface area contributed by atoms with Crippen molar-refractivity contribution in [2.75, 3.05) is 0 Å². The fourth-order valence-corrected chi connectivity index (χ4v) is 1.76. The first-order valence-electron chi connectivity index (χ1n) is 5.84. The van der Waals surface area contributed by atoms with Gasteiger partial charge in [-0.05, 0) is 26.8 Å². The van der Waals surface area contributed by atoms with E-state index in [1.54, 1.807) is 19.9 Å². The van der Waals surface area contributed by atoms with Gasteiger partial charge in [0.1, 0.15) is 0 Å². The third kappa shape index (κ3) is 2.49. The Hall–Kier alpha value is -1.94. The maximum absolute atomic E-state index is 11.7. The molecular weight excluding hydrogens is 226 g/mol. The molecule has 0 saturated heterocycles. The van der Waals surface area contributed by atoms with Crippen LogP contribution in [0.15, 0.2) is 35.1 Å². The smallest absolute Gasteiger partial charge is 0.269 e. The minimum atomic E-state index is -0.685. The van der Waals surface area contributed by atoms with Crippen LogP contribution >= 0.6 is 0 Å². The lowest BCUT2D eigenvalue weighted by Crippen LogP contribution is -2.35. The Bertz CT molecular complexity index is 606. The van der Waals surface area contributed by atoms with Crippen LogP contribution < -0.4 is 11.3 Å². The summed E-state index contributed by atoms with van der Waals surface area (Å²) in [6.07, 6.45) is 0. The van der Waals surface area contributed by atoms with Crippen molar-refractivity contribution in [2.45, 2.75) is 26.3 Å². The fourth-order valence-electron chi connectivity index (χ4n) is 1.76. The second kappa shape index (κ2) is 4.38. The zero-order valence-corrected chi connectivity index (χ0v) is 10.8. The molecule has 1 heterocycles. The molecule has 0 radical (unpaired) electrons. The molecule has 0 aliphatic rings. The van der Waals surface area contributed by atoms with Gasteiger partial charge < -0.3 is 5.73 Å². The summed E-state index contributed by atoms with van der Waals surface area (Å²) in [6.45, 7) is 5.63. The summed E-state index contributed by atoms with van der Waals surface area (Å²) in [4.78, 5) is 11.7. The number of aromatic nitrogens is 2. The molecule has 4 heteroatoms. The number of nitrogens with two attached hydrogens (primary N) is 1. The number of benzene rings is 1. The summed E-state index contributed by atoms with van der Waals surface area (Å²) < 4.78 is 0. The summed E-state index contributed by atoms with van der Waals surface area (Å²) in [5.41, 5.74) is 8.46. The highest BCUT2D eigenvalue weighted by Gasteiger charge is 2.19. The Kier molecular flexibility index (Phi) is 3.05. The molecule has 0 unspecified atom stereocenters. The van der Waals surface area contributed by atoms with Crippen LogP contribution in [0.4, 0.5) is 0 Å². The van der Waals surface area contributed by atoms with Gasteiger partial charge in [0.15, 0.2) is 0 Å². The number of nitrogens with zero attached hydrogens (tertiary/aromatic N) is 1. The summed E-state index contributed by atoms with van der Waals surface area (Å²) in [7, 11) is 0. The summed E-state index contributed by atoms with van der Waals surface area (Å²) >= 11 is 0. The van der Waals surface area contributed by atoms with Gasteiger partial charge in [-0.25, -0.2) is 5.10 Å². The number of H-pyrrole nitrogens is 1. The minimum Gasteiger partial charge on any atom is -0.322 e. The van der Waals surface area contributed by atoms with Gasteiger partial charge in [-0.2, -0.15) is 5.10 Å². The summed E-state index contributed by atoms with van der Waals surface area (Å²) in [6, 6.07) is 9.72. The molecule has 0 fully saturated rings. The second-order valence-corrected chi connectivity index (χ2v) is 5.08. The standard InChI is InChI=1S/C14H17N3O/c1-9-4-6-10(7-5-9)12-8-11(14(2,3)15)13(18)17-16-12/h4-8H,15H2,1-3H3,(H,17,18). The van der Waals surface area contributed by atoms with Gasteiger partial charge in [0.05, 0.1) is 5.69 Å². The lowest BCUT2D eigenvalue weighted by atomic mass is 9.96. The van der Waals surface area contributed by atoms with Gasteiger partial charge in [0, 0.05) is 16.7 Å². The monoisotopic (exact) mass is 243 g/mol. The number of rotatable bonds is 2. The van der Waals surface area contributed by atoms with E-state index in [0.717, 1.165) is 11.3 Å². The predicted octanol–water partition coefficient (Wildman–Crippen LogP) is 1.94. The molecular formula is C14H17N3O. The molecule has 0 aliphatic carbocycles. The van der Waals surface area contributed by atoms with Crippen LogP contribution in [0.25, 0.3) is 11.3 Å². The van der Waals surface area contributed by atoms with Crippen LogP contribution in [0.3, 0.4) is 0 Å². The van der Waals surface area contributed by atoms with E-state index in [0.29, 0.717) is 5.56 Å². The molecule has 0 saturated carbocycles. The Morgan fingerprint density at radius 3 is 2.39 bits per heavy atom. The Labute approximate surface area is 106 Å². The average molecular weight is 243 g/mol. The van der Waals surface area contributed by atoms with Crippen molar-refractivity contribution in [3.05, 3.63) is 51.8 Å². The van der Waals surface area contributed by atoms with Crippen LogP contribution in [0.1, 0.15) is 25.0 Å². The first-order valence-corrected chi connectivity index (χ1v) is 5.84. The number of aryl methyl sites for hydroxylation is 1. The van der Waals surface area contributed by atoms with E-state index in [1.165, 1.54) is 5.56 Å². The highest BCUT2D eigenvalue weighted by atomic mass is 16.1. The van der Waals surface area contributed by atoms with Gasteiger partial charge >= 0.3 is 0 Å². The molecule has 0 atom stereocenters. The normalized spacial score (nSPS) is 11.6. The average Bonchev–Trinajstić information content (AvgIpc) is 2.29. The Morgan fingerprint density at radius 1 is 1.22 bits per heavy atom. The highest BCUT2D eigenvalue weighted by Crippen LogP contribution is 2.20. The molecule has 0 spiro atoms. The number of aromatic amines is 1. The fraction of sp³-hybridized carbons (Fsp3) is 0.286. The molecule has 3 N–H and O–H groups in total. The maximum atomic E-state index is 11.7.